The van der Waals surface area contributed by atoms with Crippen LogP contribution in [0.2, 0.25) is 0 Å². The number of ether oxygens (including phenoxy) is 1. The maximum Gasteiger partial charge on any atom is 0.261 e. The summed E-state index contributed by atoms with van der Waals surface area (Å²) in [4.78, 5) is 4.18. The lowest BCUT2D eigenvalue weighted by Gasteiger charge is -2.12. The van der Waals surface area contributed by atoms with Gasteiger partial charge in [0, 0.05) is 30.7 Å². The van der Waals surface area contributed by atoms with E-state index < -0.39 is 10.0 Å². The number of nitrogens with one attached hydrogen (secondary N) is 2. The van der Waals surface area contributed by atoms with E-state index in [4.69, 9.17) is 4.74 Å². The molecule has 0 aliphatic carbocycles. The van der Waals surface area contributed by atoms with Crippen molar-refractivity contribution < 1.29 is 13.2 Å². The molecule has 0 aliphatic heterocycles. The van der Waals surface area contributed by atoms with Crippen LogP contribution in [0.25, 0.3) is 0 Å². The van der Waals surface area contributed by atoms with Crippen LogP contribution in [0.1, 0.15) is 5.56 Å². The Balaban J connectivity index is 0.00000280. The molecule has 0 unspecified atom stereocenters. The molecule has 8 heteroatoms. The van der Waals surface area contributed by atoms with Crippen LogP contribution in [-0.2, 0) is 10.0 Å². The molecule has 0 spiro atoms. The van der Waals surface area contributed by atoms with Gasteiger partial charge in [-0.25, -0.2) is 8.42 Å². The normalized spacial score (nSPS) is 10.6. The van der Waals surface area contributed by atoms with Gasteiger partial charge in [-0.3, -0.25) is 9.71 Å². The second kappa shape index (κ2) is 9.96. The van der Waals surface area contributed by atoms with Crippen LogP contribution in [0.5, 0.6) is 5.75 Å². The number of rotatable bonds is 8. The lowest BCUT2D eigenvalue weighted by atomic mass is 10.2. The summed E-state index contributed by atoms with van der Waals surface area (Å²) in [6.45, 7) is 2.95. The van der Waals surface area contributed by atoms with Gasteiger partial charge in [0.05, 0.1) is 10.6 Å². The van der Waals surface area contributed by atoms with Crippen molar-refractivity contribution in [3.05, 3.63) is 78.6 Å². The van der Waals surface area contributed by atoms with E-state index in [0.717, 1.165) is 11.3 Å². The van der Waals surface area contributed by atoms with E-state index >= 15 is 0 Å². The Hall–Kier alpha value is -2.77. The van der Waals surface area contributed by atoms with Crippen molar-refractivity contribution in [2.45, 2.75) is 11.8 Å². The standard InChI is InChI=1S/C20H21N3O3S.ClH/c1-16-13-18(23-27(24,25)20-5-3-2-4-6-20)15-19(14-16)26-12-11-22-17-7-9-21-10-8-17;/h2-10,13-15,23H,11-12H2,1H3,(H,21,22);1H. The molecule has 2 aromatic carbocycles. The Kier molecular flexibility index (Phi) is 7.66. The number of hydrogen-bond acceptors (Lipinski definition) is 5. The average Bonchev–Trinajstić information content (AvgIpc) is 2.66. The summed E-state index contributed by atoms with van der Waals surface area (Å²) in [6.07, 6.45) is 3.43. The van der Waals surface area contributed by atoms with Gasteiger partial charge in [0.25, 0.3) is 10.0 Å². The lowest BCUT2D eigenvalue weighted by molar-refractivity contribution is 0.333. The third-order valence-electron chi connectivity index (χ3n) is 3.74. The molecule has 1 aromatic heterocycles. The molecule has 3 rings (SSSR count). The zero-order valence-corrected chi connectivity index (χ0v) is 17.0. The molecule has 0 atom stereocenters. The highest BCUT2D eigenvalue weighted by Crippen LogP contribution is 2.23. The predicted octanol–water partition coefficient (Wildman–Crippen LogP) is 4.10. The minimum absolute atomic E-state index is 0. The smallest absolute Gasteiger partial charge is 0.261 e. The number of benzene rings is 2. The fourth-order valence-electron chi connectivity index (χ4n) is 2.54. The number of hydrogen-bond donors (Lipinski definition) is 2. The number of sulfonamides is 1. The van der Waals surface area contributed by atoms with Crippen molar-refractivity contribution in [3.63, 3.8) is 0 Å². The van der Waals surface area contributed by atoms with Crippen LogP contribution in [0.4, 0.5) is 11.4 Å². The third kappa shape index (κ3) is 6.14. The molecular weight excluding hydrogens is 398 g/mol. The quantitative estimate of drug-likeness (QED) is 0.537. The van der Waals surface area contributed by atoms with Gasteiger partial charge in [0.1, 0.15) is 12.4 Å². The first-order chi connectivity index (χ1) is 13.0. The first-order valence-electron chi connectivity index (χ1n) is 8.49. The van der Waals surface area contributed by atoms with Crippen LogP contribution in [0, 0.1) is 6.92 Å². The summed E-state index contributed by atoms with van der Waals surface area (Å²) in [5.41, 5.74) is 2.34. The van der Waals surface area contributed by atoms with Gasteiger partial charge in [-0.05, 0) is 48.9 Å². The van der Waals surface area contributed by atoms with Crippen molar-refractivity contribution in [2.75, 3.05) is 23.2 Å². The zero-order valence-electron chi connectivity index (χ0n) is 15.3. The molecule has 28 heavy (non-hydrogen) atoms. The zero-order chi connectivity index (χ0) is 19.1. The highest BCUT2D eigenvalue weighted by molar-refractivity contribution is 7.92. The topological polar surface area (TPSA) is 80.3 Å². The van der Waals surface area contributed by atoms with Crippen molar-refractivity contribution in [3.8, 4) is 5.75 Å². The summed E-state index contributed by atoms with van der Waals surface area (Å²) < 4.78 is 33.3. The van der Waals surface area contributed by atoms with E-state index in [1.807, 2.05) is 25.1 Å². The van der Waals surface area contributed by atoms with Gasteiger partial charge in [-0.1, -0.05) is 18.2 Å². The van der Waals surface area contributed by atoms with Crippen LogP contribution in [0.15, 0.2) is 78.0 Å². The maximum atomic E-state index is 12.5. The molecule has 0 aliphatic rings. The number of halogens is 1. The second-order valence-corrected chi connectivity index (χ2v) is 7.65. The molecule has 0 saturated carbocycles. The Morgan fingerprint density at radius 3 is 2.39 bits per heavy atom. The molecule has 1 heterocycles. The van der Waals surface area contributed by atoms with Gasteiger partial charge < -0.3 is 10.1 Å². The predicted molar refractivity (Wildman–Crippen MR) is 114 cm³/mol. The van der Waals surface area contributed by atoms with Crippen LogP contribution < -0.4 is 14.8 Å². The molecule has 148 valence electrons. The van der Waals surface area contributed by atoms with Gasteiger partial charge in [0.2, 0.25) is 0 Å². The number of nitrogens with zero attached hydrogens (tertiary/aromatic N) is 1. The Labute approximate surface area is 171 Å². The maximum absolute atomic E-state index is 12.5. The molecule has 2 N–H and O–H groups in total. The lowest BCUT2D eigenvalue weighted by Crippen LogP contribution is -2.14. The summed E-state index contributed by atoms with van der Waals surface area (Å²) in [6, 6.07) is 17.3. The molecule has 0 saturated heterocycles. The fourth-order valence-corrected chi connectivity index (χ4v) is 3.60. The first-order valence-corrected chi connectivity index (χ1v) is 9.97. The Morgan fingerprint density at radius 2 is 1.68 bits per heavy atom. The van der Waals surface area contributed by atoms with E-state index in [-0.39, 0.29) is 17.3 Å². The van der Waals surface area contributed by atoms with Crippen LogP contribution in [0.3, 0.4) is 0 Å². The SMILES string of the molecule is Cc1cc(NS(=O)(=O)c2ccccc2)cc(OCCNc2ccncc2)c1.Cl. The molecule has 0 bridgehead atoms. The summed E-state index contributed by atoms with van der Waals surface area (Å²) in [7, 11) is -3.63. The molecular formula is C20H22ClN3O3S. The van der Waals surface area contributed by atoms with Gasteiger partial charge >= 0.3 is 0 Å². The van der Waals surface area contributed by atoms with Crippen molar-refractivity contribution >= 4 is 33.8 Å². The van der Waals surface area contributed by atoms with E-state index in [1.54, 1.807) is 54.9 Å². The Bertz CT molecular complexity index is 984. The monoisotopic (exact) mass is 419 g/mol. The molecule has 3 aromatic rings. The summed E-state index contributed by atoms with van der Waals surface area (Å²) in [5, 5.41) is 3.23. The van der Waals surface area contributed by atoms with Gasteiger partial charge in [0.15, 0.2) is 0 Å². The fraction of sp³-hybridized carbons (Fsp3) is 0.150. The number of aromatic nitrogens is 1. The highest BCUT2D eigenvalue weighted by atomic mass is 35.5. The van der Waals surface area contributed by atoms with E-state index in [9.17, 15) is 8.42 Å². The minimum atomic E-state index is -3.63. The van der Waals surface area contributed by atoms with Crippen LogP contribution in [-0.4, -0.2) is 26.6 Å². The number of pyridine rings is 1. The van der Waals surface area contributed by atoms with Crippen molar-refractivity contribution in [1.82, 2.24) is 4.98 Å². The molecule has 6 nitrogen and oxygen atoms in total. The Morgan fingerprint density at radius 1 is 0.964 bits per heavy atom. The molecule has 0 fully saturated rings. The largest absolute Gasteiger partial charge is 0.492 e. The first kappa shape index (κ1) is 21.5. The van der Waals surface area contributed by atoms with Crippen molar-refractivity contribution in [2.24, 2.45) is 0 Å². The second-order valence-electron chi connectivity index (χ2n) is 5.96. The minimum Gasteiger partial charge on any atom is -0.492 e. The van der Waals surface area contributed by atoms with Crippen molar-refractivity contribution in [1.29, 1.82) is 0 Å². The van der Waals surface area contributed by atoms with Crippen LogP contribution >= 0.6 is 12.4 Å². The third-order valence-corrected chi connectivity index (χ3v) is 5.13. The highest BCUT2D eigenvalue weighted by Gasteiger charge is 2.14. The average molecular weight is 420 g/mol. The number of aryl methyl sites for hydroxylation is 1. The number of anilines is 2. The molecule has 0 radical (unpaired) electrons. The summed E-state index contributed by atoms with van der Waals surface area (Å²) in [5.74, 6) is 0.609. The van der Waals surface area contributed by atoms with E-state index in [2.05, 4.69) is 15.0 Å². The van der Waals surface area contributed by atoms with E-state index in [1.165, 1.54) is 0 Å². The molecule has 0 amide bonds. The van der Waals surface area contributed by atoms with Gasteiger partial charge in [-0.15, -0.1) is 12.4 Å². The van der Waals surface area contributed by atoms with E-state index in [0.29, 0.717) is 24.6 Å². The summed E-state index contributed by atoms with van der Waals surface area (Å²) >= 11 is 0. The van der Waals surface area contributed by atoms with Gasteiger partial charge in [-0.2, -0.15) is 0 Å².